The Bertz CT molecular complexity index is 1290. The van der Waals surface area contributed by atoms with Gasteiger partial charge in [-0.05, 0) is 43.2 Å². The van der Waals surface area contributed by atoms with Crippen LogP contribution in [0, 0.1) is 19.7 Å². The number of halogens is 1. The van der Waals surface area contributed by atoms with Crippen molar-refractivity contribution in [3.05, 3.63) is 82.8 Å². The van der Waals surface area contributed by atoms with E-state index in [9.17, 15) is 17.6 Å². The van der Waals surface area contributed by atoms with Crippen LogP contribution in [0.5, 0.6) is 0 Å². The zero-order valence-electron chi connectivity index (χ0n) is 17.7. The SMILES string of the molecule is Cc1ccccc1Nc1c(C(=O)N2CC(c3ccc(F)cc3)C2)cnc(S(N)(=O)=O)c1C. The molecule has 1 aliphatic heterocycles. The third-order valence-corrected chi connectivity index (χ3v) is 6.64. The fraction of sp³-hybridized carbons (Fsp3) is 0.217. The largest absolute Gasteiger partial charge is 0.354 e. The number of likely N-dealkylation sites (tertiary alicyclic amines) is 1. The molecular weight excluding hydrogens is 431 g/mol. The Kier molecular flexibility index (Phi) is 5.70. The predicted octanol–water partition coefficient (Wildman–Crippen LogP) is 3.47. The zero-order chi connectivity index (χ0) is 23.0. The second-order valence-electron chi connectivity index (χ2n) is 7.92. The van der Waals surface area contributed by atoms with Crippen molar-refractivity contribution in [3.8, 4) is 0 Å². The molecule has 4 rings (SSSR count). The van der Waals surface area contributed by atoms with Crippen LogP contribution in [-0.2, 0) is 10.0 Å². The number of rotatable bonds is 5. The van der Waals surface area contributed by atoms with Gasteiger partial charge in [-0.15, -0.1) is 0 Å². The zero-order valence-corrected chi connectivity index (χ0v) is 18.5. The number of sulfonamides is 1. The first-order chi connectivity index (χ1) is 15.1. The Labute approximate surface area is 186 Å². The topological polar surface area (TPSA) is 105 Å². The third-order valence-electron chi connectivity index (χ3n) is 5.69. The van der Waals surface area contributed by atoms with E-state index in [2.05, 4.69) is 10.3 Å². The summed E-state index contributed by atoms with van der Waals surface area (Å²) in [6, 6.07) is 13.7. The van der Waals surface area contributed by atoms with Gasteiger partial charge < -0.3 is 10.2 Å². The summed E-state index contributed by atoms with van der Waals surface area (Å²) in [5, 5.41) is 8.25. The first kappa shape index (κ1) is 21.9. The average Bonchev–Trinajstić information content (AvgIpc) is 2.70. The Balaban J connectivity index is 1.66. The van der Waals surface area contributed by atoms with Crippen molar-refractivity contribution in [2.75, 3.05) is 18.4 Å². The number of nitrogens with one attached hydrogen (secondary N) is 1. The van der Waals surface area contributed by atoms with E-state index in [-0.39, 0.29) is 33.8 Å². The van der Waals surface area contributed by atoms with E-state index in [1.54, 1.807) is 24.0 Å². The number of carbonyl (C=O) groups is 1. The number of primary sulfonamides is 1. The fourth-order valence-electron chi connectivity index (χ4n) is 3.81. The molecule has 0 aliphatic carbocycles. The summed E-state index contributed by atoms with van der Waals surface area (Å²) in [6.45, 7) is 4.43. The molecule has 1 saturated heterocycles. The molecule has 0 spiro atoms. The van der Waals surface area contributed by atoms with Crippen molar-refractivity contribution in [1.82, 2.24) is 9.88 Å². The van der Waals surface area contributed by atoms with Gasteiger partial charge in [0.05, 0.1) is 11.3 Å². The number of carbonyl (C=O) groups excluding carboxylic acids is 1. The van der Waals surface area contributed by atoms with Crippen molar-refractivity contribution in [2.45, 2.75) is 24.8 Å². The molecule has 166 valence electrons. The molecule has 7 nitrogen and oxygen atoms in total. The summed E-state index contributed by atoms with van der Waals surface area (Å²) in [6.07, 6.45) is 1.25. The van der Waals surface area contributed by atoms with Crippen LogP contribution in [0.3, 0.4) is 0 Å². The highest BCUT2D eigenvalue weighted by atomic mass is 32.2. The number of hydrogen-bond acceptors (Lipinski definition) is 5. The minimum Gasteiger partial charge on any atom is -0.354 e. The van der Waals surface area contributed by atoms with Gasteiger partial charge in [0.15, 0.2) is 5.03 Å². The minimum absolute atomic E-state index is 0.116. The van der Waals surface area contributed by atoms with E-state index < -0.39 is 10.0 Å². The van der Waals surface area contributed by atoms with Crippen molar-refractivity contribution >= 4 is 27.3 Å². The molecule has 1 aromatic heterocycles. The second-order valence-corrected chi connectivity index (χ2v) is 9.40. The lowest BCUT2D eigenvalue weighted by atomic mass is 9.90. The molecule has 0 radical (unpaired) electrons. The van der Waals surface area contributed by atoms with E-state index in [1.807, 2.05) is 31.2 Å². The molecule has 3 aromatic rings. The van der Waals surface area contributed by atoms with E-state index in [4.69, 9.17) is 5.14 Å². The quantitative estimate of drug-likeness (QED) is 0.614. The van der Waals surface area contributed by atoms with Crippen molar-refractivity contribution in [3.63, 3.8) is 0 Å². The van der Waals surface area contributed by atoms with Crippen LogP contribution in [0.15, 0.2) is 59.8 Å². The van der Waals surface area contributed by atoms with Crippen molar-refractivity contribution < 1.29 is 17.6 Å². The van der Waals surface area contributed by atoms with Crippen LogP contribution in [0.4, 0.5) is 15.8 Å². The number of benzene rings is 2. The van der Waals surface area contributed by atoms with Crippen LogP contribution < -0.4 is 10.5 Å². The smallest absolute Gasteiger partial charge is 0.257 e. The van der Waals surface area contributed by atoms with E-state index in [0.29, 0.717) is 18.8 Å². The number of aryl methyl sites for hydroxylation is 1. The summed E-state index contributed by atoms with van der Waals surface area (Å²) in [5.41, 5.74) is 3.53. The minimum atomic E-state index is -4.07. The van der Waals surface area contributed by atoms with E-state index in [1.165, 1.54) is 18.3 Å². The van der Waals surface area contributed by atoms with Crippen LogP contribution in [0.2, 0.25) is 0 Å². The number of para-hydroxylation sites is 1. The highest BCUT2D eigenvalue weighted by Gasteiger charge is 2.34. The standard InChI is InChI=1S/C23H23FN4O3S/c1-14-5-3-4-6-20(14)27-21-15(2)22(32(25,30)31)26-11-19(21)23(29)28-12-17(13-28)16-7-9-18(24)10-8-16/h3-11,17H,12-13H2,1-2H3,(H,26,27)(H2,25,30,31). The maximum Gasteiger partial charge on any atom is 0.257 e. The van der Waals surface area contributed by atoms with Crippen LogP contribution in [-0.4, -0.2) is 37.3 Å². The molecule has 0 atom stereocenters. The molecule has 1 fully saturated rings. The predicted molar refractivity (Wildman–Crippen MR) is 120 cm³/mol. The molecule has 1 amide bonds. The Morgan fingerprint density at radius 1 is 1.12 bits per heavy atom. The number of aromatic nitrogens is 1. The van der Waals surface area contributed by atoms with Gasteiger partial charge in [-0.25, -0.2) is 22.9 Å². The number of anilines is 2. The lowest BCUT2D eigenvalue weighted by molar-refractivity contribution is 0.0602. The second kappa shape index (κ2) is 8.33. The van der Waals surface area contributed by atoms with Gasteiger partial charge in [0.25, 0.3) is 15.9 Å². The van der Waals surface area contributed by atoms with E-state index in [0.717, 1.165) is 16.8 Å². The van der Waals surface area contributed by atoms with Gasteiger partial charge in [-0.3, -0.25) is 4.79 Å². The molecule has 0 bridgehead atoms. The third kappa shape index (κ3) is 4.21. The van der Waals surface area contributed by atoms with Gasteiger partial charge in [0.1, 0.15) is 5.82 Å². The maximum atomic E-state index is 13.3. The number of hydrogen-bond donors (Lipinski definition) is 2. The Hall–Kier alpha value is -3.30. The van der Waals surface area contributed by atoms with Crippen LogP contribution in [0.25, 0.3) is 0 Å². The van der Waals surface area contributed by atoms with Gasteiger partial charge in [0.2, 0.25) is 0 Å². The summed E-state index contributed by atoms with van der Waals surface area (Å²) in [5.74, 6) is -0.453. The molecule has 1 aliphatic rings. The van der Waals surface area contributed by atoms with Gasteiger partial charge >= 0.3 is 0 Å². The van der Waals surface area contributed by atoms with Gasteiger partial charge in [-0.2, -0.15) is 0 Å². The summed E-state index contributed by atoms with van der Waals surface area (Å²) < 4.78 is 37.2. The summed E-state index contributed by atoms with van der Waals surface area (Å²) in [4.78, 5) is 18.9. The molecule has 2 aromatic carbocycles. The summed E-state index contributed by atoms with van der Waals surface area (Å²) in [7, 11) is -4.07. The lowest BCUT2D eigenvalue weighted by Gasteiger charge is -2.40. The number of pyridine rings is 1. The van der Waals surface area contributed by atoms with Crippen molar-refractivity contribution in [2.24, 2.45) is 5.14 Å². The van der Waals surface area contributed by atoms with Gasteiger partial charge in [-0.1, -0.05) is 30.3 Å². The number of nitrogens with two attached hydrogens (primary N) is 1. The molecule has 2 heterocycles. The molecule has 9 heteroatoms. The Morgan fingerprint density at radius 3 is 2.41 bits per heavy atom. The fourth-order valence-corrected chi connectivity index (χ4v) is 4.54. The highest BCUT2D eigenvalue weighted by molar-refractivity contribution is 7.89. The lowest BCUT2D eigenvalue weighted by Crippen LogP contribution is -2.48. The van der Waals surface area contributed by atoms with Crippen LogP contribution >= 0.6 is 0 Å². The molecule has 0 unspecified atom stereocenters. The normalized spacial score (nSPS) is 14.2. The molecule has 32 heavy (non-hydrogen) atoms. The highest BCUT2D eigenvalue weighted by Crippen LogP contribution is 2.33. The van der Waals surface area contributed by atoms with E-state index >= 15 is 0 Å². The van der Waals surface area contributed by atoms with Crippen LogP contribution in [0.1, 0.15) is 33.0 Å². The monoisotopic (exact) mass is 454 g/mol. The first-order valence-electron chi connectivity index (χ1n) is 10.0. The molecular formula is C23H23FN4O3S. The van der Waals surface area contributed by atoms with Crippen molar-refractivity contribution in [1.29, 1.82) is 0 Å². The van der Waals surface area contributed by atoms with Gasteiger partial charge in [0, 0.05) is 36.5 Å². The molecule has 0 saturated carbocycles. The average molecular weight is 455 g/mol. The Morgan fingerprint density at radius 2 is 1.78 bits per heavy atom. The summed E-state index contributed by atoms with van der Waals surface area (Å²) >= 11 is 0. The first-order valence-corrected chi connectivity index (χ1v) is 11.6. The number of nitrogens with zero attached hydrogens (tertiary/aromatic N) is 2. The molecule has 3 N–H and O–H groups in total. The maximum absolute atomic E-state index is 13.3. The number of amides is 1.